The Balaban J connectivity index is 1.71. The summed E-state index contributed by atoms with van der Waals surface area (Å²) in [5.74, 6) is 1.29. The van der Waals surface area contributed by atoms with Crippen molar-refractivity contribution in [3.63, 3.8) is 0 Å². The van der Waals surface area contributed by atoms with Crippen LogP contribution in [0.4, 0.5) is 0 Å². The average Bonchev–Trinajstić information content (AvgIpc) is 2.77. The monoisotopic (exact) mass is 398 g/mol. The molecule has 0 spiro atoms. The van der Waals surface area contributed by atoms with E-state index in [2.05, 4.69) is 17.3 Å². The van der Waals surface area contributed by atoms with E-state index in [1.165, 1.54) is 12.8 Å². The molecule has 0 saturated carbocycles. The summed E-state index contributed by atoms with van der Waals surface area (Å²) in [4.78, 5) is 15.1. The van der Waals surface area contributed by atoms with Gasteiger partial charge in [-0.05, 0) is 44.1 Å². The number of benzene rings is 2. The minimum Gasteiger partial charge on any atom is -0.493 e. The van der Waals surface area contributed by atoms with Gasteiger partial charge in [0.05, 0.1) is 14.2 Å². The van der Waals surface area contributed by atoms with E-state index in [-0.39, 0.29) is 5.91 Å². The number of methoxy groups -OCH3 is 2. The molecule has 1 aliphatic heterocycles. The molecule has 1 N–H and O–H groups in total. The highest BCUT2D eigenvalue weighted by molar-refractivity contribution is 5.95. The van der Waals surface area contributed by atoms with Crippen LogP contribution in [0.25, 0.3) is 0 Å². The van der Waals surface area contributed by atoms with E-state index in [0.29, 0.717) is 42.0 Å². The van der Waals surface area contributed by atoms with Gasteiger partial charge in [-0.15, -0.1) is 0 Å². The molecule has 6 heteroatoms. The third-order valence-electron chi connectivity index (χ3n) is 5.37. The first-order chi connectivity index (χ1) is 14.1. The maximum Gasteiger partial charge on any atom is 0.251 e. The van der Waals surface area contributed by atoms with Crippen LogP contribution in [-0.2, 0) is 6.61 Å². The lowest BCUT2D eigenvalue weighted by atomic mass is 10.0. The molecule has 0 bridgehead atoms. The van der Waals surface area contributed by atoms with Crippen molar-refractivity contribution in [3.05, 3.63) is 53.6 Å². The SMILES string of the molecule is COc1cc(C(=O)NCC2CCCCN2C)cc(OC)c1OCc1ccccc1. The van der Waals surface area contributed by atoms with Gasteiger partial charge in [-0.2, -0.15) is 0 Å². The van der Waals surface area contributed by atoms with Gasteiger partial charge in [-0.1, -0.05) is 36.8 Å². The van der Waals surface area contributed by atoms with E-state index in [1.54, 1.807) is 26.4 Å². The second kappa shape index (κ2) is 10.2. The summed E-state index contributed by atoms with van der Waals surface area (Å²) in [5, 5.41) is 3.05. The molecule has 156 valence electrons. The number of hydrogen-bond acceptors (Lipinski definition) is 5. The van der Waals surface area contributed by atoms with E-state index >= 15 is 0 Å². The van der Waals surface area contributed by atoms with Gasteiger partial charge < -0.3 is 24.4 Å². The molecule has 1 saturated heterocycles. The molecule has 1 heterocycles. The molecule has 1 amide bonds. The summed E-state index contributed by atoms with van der Waals surface area (Å²) >= 11 is 0. The van der Waals surface area contributed by atoms with E-state index in [0.717, 1.165) is 18.5 Å². The second-order valence-electron chi connectivity index (χ2n) is 7.32. The summed E-state index contributed by atoms with van der Waals surface area (Å²) < 4.78 is 16.9. The van der Waals surface area contributed by atoms with Crippen LogP contribution in [0.3, 0.4) is 0 Å². The topological polar surface area (TPSA) is 60.0 Å². The first-order valence-corrected chi connectivity index (χ1v) is 10.0. The fourth-order valence-corrected chi connectivity index (χ4v) is 3.60. The van der Waals surface area contributed by atoms with E-state index in [9.17, 15) is 4.79 Å². The Morgan fingerprint density at radius 2 is 1.79 bits per heavy atom. The van der Waals surface area contributed by atoms with Crippen LogP contribution in [0, 0.1) is 0 Å². The van der Waals surface area contributed by atoms with Crippen molar-refractivity contribution >= 4 is 5.91 Å². The highest BCUT2D eigenvalue weighted by atomic mass is 16.5. The van der Waals surface area contributed by atoms with Crippen molar-refractivity contribution in [2.45, 2.75) is 31.9 Å². The van der Waals surface area contributed by atoms with Gasteiger partial charge in [0.15, 0.2) is 11.5 Å². The fraction of sp³-hybridized carbons (Fsp3) is 0.435. The third-order valence-corrected chi connectivity index (χ3v) is 5.37. The number of likely N-dealkylation sites (N-methyl/N-ethyl adjacent to an activating group) is 1. The van der Waals surface area contributed by atoms with Crippen LogP contribution in [-0.4, -0.2) is 51.2 Å². The Morgan fingerprint density at radius 3 is 2.41 bits per heavy atom. The Kier molecular flexibility index (Phi) is 7.36. The van der Waals surface area contributed by atoms with E-state index in [4.69, 9.17) is 14.2 Å². The van der Waals surface area contributed by atoms with Crippen LogP contribution < -0.4 is 19.5 Å². The number of carbonyl (C=O) groups is 1. The summed E-state index contributed by atoms with van der Waals surface area (Å²) in [6.45, 7) is 2.09. The predicted octanol–water partition coefficient (Wildman–Crippen LogP) is 3.50. The summed E-state index contributed by atoms with van der Waals surface area (Å²) in [7, 11) is 5.23. The normalized spacial score (nSPS) is 16.9. The minimum atomic E-state index is -0.143. The molecule has 1 aliphatic rings. The zero-order valence-electron chi connectivity index (χ0n) is 17.4. The Hall–Kier alpha value is -2.73. The quantitative estimate of drug-likeness (QED) is 0.738. The molecule has 0 aromatic heterocycles. The number of amides is 1. The van der Waals surface area contributed by atoms with Crippen molar-refractivity contribution in [2.24, 2.45) is 0 Å². The lowest BCUT2D eigenvalue weighted by molar-refractivity contribution is 0.0927. The zero-order chi connectivity index (χ0) is 20.6. The van der Waals surface area contributed by atoms with Crippen LogP contribution in [0.15, 0.2) is 42.5 Å². The number of nitrogens with zero attached hydrogens (tertiary/aromatic N) is 1. The number of rotatable bonds is 8. The Labute approximate surface area is 172 Å². The van der Waals surface area contributed by atoms with Crippen LogP contribution in [0.1, 0.15) is 35.2 Å². The minimum absolute atomic E-state index is 0.143. The number of nitrogens with one attached hydrogen (secondary N) is 1. The molecular formula is C23H30N2O4. The Bertz CT molecular complexity index is 785. The van der Waals surface area contributed by atoms with Crippen molar-refractivity contribution in [1.29, 1.82) is 0 Å². The Morgan fingerprint density at radius 1 is 1.10 bits per heavy atom. The van der Waals surface area contributed by atoms with E-state index in [1.807, 2.05) is 30.3 Å². The van der Waals surface area contributed by atoms with Gasteiger partial charge >= 0.3 is 0 Å². The lowest BCUT2D eigenvalue weighted by Crippen LogP contribution is -2.44. The third kappa shape index (κ3) is 5.41. The first-order valence-electron chi connectivity index (χ1n) is 10.0. The van der Waals surface area contributed by atoms with Crippen molar-refractivity contribution in [1.82, 2.24) is 10.2 Å². The smallest absolute Gasteiger partial charge is 0.251 e. The molecule has 0 radical (unpaired) electrons. The molecule has 0 aliphatic carbocycles. The van der Waals surface area contributed by atoms with Gasteiger partial charge in [0.25, 0.3) is 5.91 Å². The maximum atomic E-state index is 12.7. The number of carbonyl (C=O) groups excluding carboxylic acids is 1. The van der Waals surface area contributed by atoms with Gasteiger partial charge in [-0.3, -0.25) is 4.79 Å². The molecule has 2 aromatic rings. The number of ether oxygens (including phenoxy) is 3. The first kappa shape index (κ1) is 21.0. The van der Waals surface area contributed by atoms with Gasteiger partial charge in [0, 0.05) is 18.2 Å². The number of hydrogen-bond donors (Lipinski definition) is 1. The average molecular weight is 399 g/mol. The second-order valence-corrected chi connectivity index (χ2v) is 7.32. The molecule has 1 unspecified atom stereocenters. The van der Waals surface area contributed by atoms with Crippen molar-refractivity contribution in [3.8, 4) is 17.2 Å². The molecular weight excluding hydrogens is 368 g/mol. The van der Waals surface area contributed by atoms with Crippen LogP contribution >= 0.6 is 0 Å². The number of piperidine rings is 1. The zero-order valence-corrected chi connectivity index (χ0v) is 17.4. The largest absolute Gasteiger partial charge is 0.493 e. The molecule has 1 atom stereocenters. The molecule has 2 aromatic carbocycles. The van der Waals surface area contributed by atoms with Gasteiger partial charge in [-0.25, -0.2) is 0 Å². The standard InChI is InChI=1S/C23H30N2O4/c1-25-12-8-7-11-19(25)15-24-23(26)18-13-20(27-2)22(21(14-18)28-3)29-16-17-9-5-4-6-10-17/h4-6,9-10,13-14,19H,7-8,11-12,15-16H2,1-3H3,(H,24,26). The van der Waals surface area contributed by atoms with Crippen molar-refractivity contribution in [2.75, 3.05) is 34.4 Å². The molecule has 6 nitrogen and oxygen atoms in total. The highest BCUT2D eigenvalue weighted by Crippen LogP contribution is 2.39. The molecule has 1 fully saturated rings. The number of likely N-dealkylation sites (tertiary alicyclic amines) is 1. The summed E-state index contributed by atoms with van der Waals surface area (Å²) in [6.07, 6.45) is 3.54. The predicted molar refractivity (Wildman–Crippen MR) is 113 cm³/mol. The van der Waals surface area contributed by atoms with Gasteiger partial charge in [0.1, 0.15) is 6.61 Å². The fourth-order valence-electron chi connectivity index (χ4n) is 3.60. The van der Waals surface area contributed by atoms with E-state index < -0.39 is 0 Å². The van der Waals surface area contributed by atoms with Crippen LogP contribution in [0.2, 0.25) is 0 Å². The maximum absolute atomic E-state index is 12.7. The van der Waals surface area contributed by atoms with Crippen LogP contribution in [0.5, 0.6) is 17.2 Å². The van der Waals surface area contributed by atoms with Crippen molar-refractivity contribution < 1.29 is 19.0 Å². The lowest BCUT2D eigenvalue weighted by Gasteiger charge is -2.32. The van der Waals surface area contributed by atoms with Gasteiger partial charge in [0.2, 0.25) is 5.75 Å². The summed E-state index contributed by atoms with van der Waals surface area (Å²) in [5.41, 5.74) is 1.53. The summed E-state index contributed by atoms with van der Waals surface area (Å²) in [6, 6.07) is 13.6. The molecule has 3 rings (SSSR count). The molecule has 29 heavy (non-hydrogen) atoms. The highest BCUT2D eigenvalue weighted by Gasteiger charge is 2.21.